The third kappa shape index (κ3) is 4.82. The highest BCUT2D eigenvalue weighted by atomic mass is 16.5. The summed E-state index contributed by atoms with van der Waals surface area (Å²) in [5, 5.41) is 0. The van der Waals surface area contributed by atoms with Crippen molar-refractivity contribution in [1.82, 2.24) is 9.97 Å². The van der Waals surface area contributed by atoms with Crippen LogP contribution in [0.25, 0.3) is 0 Å². The molecule has 0 aliphatic heterocycles. The lowest BCUT2D eigenvalue weighted by molar-refractivity contribution is -0.140. The average molecular weight is 267 g/mol. The fourth-order valence-electron chi connectivity index (χ4n) is 1.68. The zero-order valence-corrected chi connectivity index (χ0v) is 12.0. The molecule has 0 radical (unpaired) electrons. The van der Waals surface area contributed by atoms with Crippen LogP contribution in [0.5, 0.6) is 0 Å². The minimum absolute atomic E-state index is 0.235. The maximum atomic E-state index is 11.3. The van der Waals surface area contributed by atoms with Gasteiger partial charge in [0.15, 0.2) is 0 Å². The maximum Gasteiger partial charge on any atom is 0.307 e. The summed E-state index contributed by atoms with van der Waals surface area (Å²) in [6.07, 6.45) is 2.04. The maximum absolute atomic E-state index is 11.3. The van der Waals surface area contributed by atoms with E-state index in [0.29, 0.717) is 26.1 Å². The molecule has 19 heavy (non-hydrogen) atoms. The molecule has 0 saturated carbocycles. The van der Waals surface area contributed by atoms with Crippen molar-refractivity contribution in [3.05, 3.63) is 17.6 Å². The SMILES string of the molecule is COCCN(CCC(=O)OC)c1nc(C)cnc1C. The van der Waals surface area contributed by atoms with Crippen molar-refractivity contribution in [3.63, 3.8) is 0 Å². The van der Waals surface area contributed by atoms with Crippen LogP contribution in [0.3, 0.4) is 0 Å². The van der Waals surface area contributed by atoms with Gasteiger partial charge in [-0.2, -0.15) is 0 Å². The summed E-state index contributed by atoms with van der Waals surface area (Å²) in [7, 11) is 3.03. The normalized spacial score (nSPS) is 10.3. The number of aromatic nitrogens is 2. The number of hydrogen-bond donors (Lipinski definition) is 0. The van der Waals surface area contributed by atoms with E-state index < -0.39 is 0 Å². The van der Waals surface area contributed by atoms with Gasteiger partial charge < -0.3 is 14.4 Å². The largest absolute Gasteiger partial charge is 0.469 e. The van der Waals surface area contributed by atoms with Gasteiger partial charge in [0.1, 0.15) is 5.82 Å². The molecule has 6 heteroatoms. The molecule has 1 rings (SSSR count). The first kappa shape index (κ1) is 15.4. The van der Waals surface area contributed by atoms with Gasteiger partial charge >= 0.3 is 5.97 Å². The molecule has 1 aromatic rings. The number of ether oxygens (including phenoxy) is 2. The van der Waals surface area contributed by atoms with Crippen LogP contribution in [0, 0.1) is 13.8 Å². The predicted molar refractivity (Wildman–Crippen MR) is 72.2 cm³/mol. The minimum Gasteiger partial charge on any atom is -0.469 e. The van der Waals surface area contributed by atoms with E-state index in [1.54, 1.807) is 13.3 Å². The quantitative estimate of drug-likeness (QED) is 0.690. The summed E-state index contributed by atoms with van der Waals surface area (Å²) in [6, 6.07) is 0. The van der Waals surface area contributed by atoms with Crippen LogP contribution in [-0.2, 0) is 14.3 Å². The Labute approximate surface area is 113 Å². The van der Waals surface area contributed by atoms with Gasteiger partial charge in [-0.05, 0) is 13.8 Å². The molecule has 1 heterocycles. The van der Waals surface area contributed by atoms with Crippen molar-refractivity contribution in [2.24, 2.45) is 0 Å². The van der Waals surface area contributed by atoms with Crippen molar-refractivity contribution in [1.29, 1.82) is 0 Å². The van der Waals surface area contributed by atoms with Crippen molar-refractivity contribution in [2.75, 3.05) is 38.8 Å². The highest BCUT2D eigenvalue weighted by molar-refractivity contribution is 5.70. The Bertz CT molecular complexity index is 424. The Kier molecular flexibility index (Phi) is 6.21. The smallest absolute Gasteiger partial charge is 0.307 e. The number of esters is 1. The van der Waals surface area contributed by atoms with E-state index in [4.69, 9.17) is 4.74 Å². The van der Waals surface area contributed by atoms with Gasteiger partial charge in [-0.25, -0.2) is 4.98 Å². The topological polar surface area (TPSA) is 64.5 Å². The second-order valence-corrected chi connectivity index (χ2v) is 4.23. The van der Waals surface area contributed by atoms with E-state index in [-0.39, 0.29) is 5.97 Å². The van der Waals surface area contributed by atoms with Gasteiger partial charge in [0.05, 0.1) is 31.5 Å². The highest BCUT2D eigenvalue weighted by Crippen LogP contribution is 2.15. The van der Waals surface area contributed by atoms with Crippen LogP contribution < -0.4 is 4.90 Å². The van der Waals surface area contributed by atoms with Gasteiger partial charge in [-0.15, -0.1) is 0 Å². The van der Waals surface area contributed by atoms with E-state index in [0.717, 1.165) is 17.2 Å². The molecular weight excluding hydrogens is 246 g/mol. The molecule has 0 aliphatic carbocycles. The van der Waals surface area contributed by atoms with E-state index in [1.165, 1.54) is 7.11 Å². The first-order chi connectivity index (χ1) is 9.08. The van der Waals surface area contributed by atoms with Crippen LogP contribution in [0.1, 0.15) is 17.8 Å². The second kappa shape index (κ2) is 7.68. The summed E-state index contributed by atoms with van der Waals surface area (Å²) in [5.41, 5.74) is 1.69. The second-order valence-electron chi connectivity index (χ2n) is 4.23. The number of methoxy groups -OCH3 is 2. The highest BCUT2D eigenvalue weighted by Gasteiger charge is 2.14. The van der Waals surface area contributed by atoms with Crippen molar-refractivity contribution in [3.8, 4) is 0 Å². The molecule has 0 amide bonds. The van der Waals surface area contributed by atoms with Crippen LogP contribution in [0.4, 0.5) is 5.82 Å². The molecule has 0 unspecified atom stereocenters. The summed E-state index contributed by atoms with van der Waals surface area (Å²) in [6.45, 7) is 5.56. The van der Waals surface area contributed by atoms with Gasteiger partial charge in [0.2, 0.25) is 0 Å². The molecule has 106 valence electrons. The van der Waals surface area contributed by atoms with Crippen molar-refractivity contribution < 1.29 is 14.3 Å². The Morgan fingerprint density at radius 1 is 1.32 bits per heavy atom. The Balaban J connectivity index is 2.82. The van der Waals surface area contributed by atoms with Gasteiger partial charge in [-0.3, -0.25) is 9.78 Å². The number of aryl methyl sites for hydroxylation is 2. The first-order valence-corrected chi connectivity index (χ1v) is 6.19. The lowest BCUT2D eigenvalue weighted by Gasteiger charge is -2.24. The molecule has 0 aliphatic rings. The monoisotopic (exact) mass is 267 g/mol. The van der Waals surface area contributed by atoms with Gasteiger partial charge in [0, 0.05) is 26.4 Å². The molecule has 0 bridgehead atoms. The fourth-order valence-corrected chi connectivity index (χ4v) is 1.68. The van der Waals surface area contributed by atoms with E-state index >= 15 is 0 Å². The number of carbonyl (C=O) groups is 1. The molecule has 0 spiro atoms. The number of anilines is 1. The lowest BCUT2D eigenvalue weighted by atomic mass is 10.3. The van der Waals surface area contributed by atoms with Gasteiger partial charge in [0.25, 0.3) is 0 Å². The standard InChI is InChI=1S/C13H21N3O3/c1-10-9-14-11(2)13(15-10)16(7-8-18-3)6-5-12(17)19-4/h9H,5-8H2,1-4H3. The van der Waals surface area contributed by atoms with E-state index in [9.17, 15) is 4.79 Å². The van der Waals surface area contributed by atoms with Crippen LogP contribution in [0.15, 0.2) is 6.20 Å². The van der Waals surface area contributed by atoms with Crippen LogP contribution in [-0.4, -0.2) is 49.9 Å². The molecule has 0 N–H and O–H groups in total. The summed E-state index contributed by atoms with van der Waals surface area (Å²) >= 11 is 0. The lowest BCUT2D eigenvalue weighted by Crippen LogP contribution is -2.31. The molecule has 0 fully saturated rings. The number of nitrogens with zero attached hydrogens (tertiary/aromatic N) is 3. The molecule has 6 nitrogen and oxygen atoms in total. The predicted octanol–water partition coefficient (Wildman–Crippen LogP) is 1.11. The molecule has 0 saturated heterocycles. The summed E-state index contributed by atoms with van der Waals surface area (Å²) < 4.78 is 9.75. The Morgan fingerprint density at radius 2 is 2.05 bits per heavy atom. The zero-order chi connectivity index (χ0) is 14.3. The molecular formula is C13H21N3O3. The number of carbonyl (C=O) groups excluding carboxylic acids is 1. The number of rotatable bonds is 7. The Morgan fingerprint density at radius 3 is 2.68 bits per heavy atom. The van der Waals surface area contributed by atoms with Crippen molar-refractivity contribution >= 4 is 11.8 Å². The number of hydrogen-bond acceptors (Lipinski definition) is 6. The van der Waals surface area contributed by atoms with E-state index in [2.05, 4.69) is 14.7 Å². The molecule has 0 aromatic carbocycles. The Hall–Kier alpha value is -1.69. The van der Waals surface area contributed by atoms with Gasteiger partial charge in [-0.1, -0.05) is 0 Å². The van der Waals surface area contributed by atoms with Crippen molar-refractivity contribution in [2.45, 2.75) is 20.3 Å². The molecule has 1 aromatic heterocycles. The van der Waals surface area contributed by atoms with E-state index in [1.807, 2.05) is 18.7 Å². The van der Waals surface area contributed by atoms with Crippen LogP contribution >= 0.6 is 0 Å². The first-order valence-electron chi connectivity index (χ1n) is 6.19. The third-order valence-electron chi connectivity index (χ3n) is 2.73. The molecule has 0 atom stereocenters. The fraction of sp³-hybridized carbons (Fsp3) is 0.615. The third-order valence-corrected chi connectivity index (χ3v) is 2.73. The summed E-state index contributed by atoms with van der Waals surface area (Å²) in [5.74, 6) is 0.557. The average Bonchev–Trinajstić information content (AvgIpc) is 2.41. The van der Waals surface area contributed by atoms with Crippen LogP contribution in [0.2, 0.25) is 0 Å². The summed E-state index contributed by atoms with van der Waals surface area (Å²) in [4.78, 5) is 22.0. The zero-order valence-electron chi connectivity index (χ0n) is 12.0. The minimum atomic E-state index is -0.235.